The van der Waals surface area contributed by atoms with Gasteiger partial charge in [0, 0.05) is 24.8 Å². The maximum absolute atomic E-state index is 12.3. The fourth-order valence-corrected chi connectivity index (χ4v) is 3.67. The van der Waals surface area contributed by atoms with Crippen molar-refractivity contribution in [3.8, 4) is 0 Å². The minimum Gasteiger partial charge on any atom is -0.312 e. The number of hydrazine groups is 1. The Bertz CT molecular complexity index is 1070. The third kappa shape index (κ3) is 5.54. The lowest BCUT2D eigenvalue weighted by Gasteiger charge is -2.09. The molecule has 12 heteroatoms. The van der Waals surface area contributed by atoms with E-state index in [0.717, 1.165) is 17.1 Å². The Labute approximate surface area is 182 Å². The van der Waals surface area contributed by atoms with Gasteiger partial charge in [-0.25, -0.2) is 0 Å². The largest absolute Gasteiger partial charge is 0.312 e. The predicted octanol–water partition coefficient (Wildman–Crippen LogP) is 1.78. The Morgan fingerprint density at radius 3 is 2.67 bits per heavy atom. The molecule has 158 valence electrons. The Morgan fingerprint density at radius 2 is 2.00 bits per heavy atom. The van der Waals surface area contributed by atoms with Gasteiger partial charge in [-0.3, -0.25) is 30.1 Å². The Balaban J connectivity index is 1.50. The molecule has 3 N–H and O–H groups in total. The molecule has 30 heavy (non-hydrogen) atoms. The first-order chi connectivity index (χ1) is 14.5. The van der Waals surface area contributed by atoms with Gasteiger partial charge < -0.3 is 4.57 Å². The van der Waals surface area contributed by atoms with Crippen LogP contribution in [0.2, 0.25) is 0 Å². The summed E-state index contributed by atoms with van der Waals surface area (Å²) in [5.74, 6) is 0.616. The van der Waals surface area contributed by atoms with Crippen LogP contribution in [0.5, 0.6) is 0 Å². The lowest BCUT2D eigenvalue weighted by atomic mass is 10.1. The zero-order chi connectivity index (χ0) is 21.5. The molecule has 0 aliphatic carbocycles. The minimum atomic E-state index is -0.402. The van der Waals surface area contributed by atoms with Crippen LogP contribution in [0.25, 0.3) is 0 Å². The molecule has 10 nitrogen and oxygen atoms in total. The highest BCUT2D eigenvalue weighted by Gasteiger charge is 2.12. The van der Waals surface area contributed by atoms with Crippen LogP contribution in [-0.2, 0) is 30.6 Å². The van der Waals surface area contributed by atoms with Crippen molar-refractivity contribution in [2.45, 2.75) is 37.2 Å². The van der Waals surface area contributed by atoms with Gasteiger partial charge in [-0.2, -0.15) is 5.10 Å². The van der Waals surface area contributed by atoms with Crippen molar-refractivity contribution in [1.29, 1.82) is 0 Å². The number of carbonyl (C=O) groups is 2. The van der Waals surface area contributed by atoms with Crippen LogP contribution in [0.1, 0.15) is 35.1 Å². The average Bonchev–Trinajstić information content (AvgIpc) is 3.31. The van der Waals surface area contributed by atoms with E-state index in [0.29, 0.717) is 28.3 Å². The number of benzene rings is 1. The van der Waals surface area contributed by atoms with Crippen molar-refractivity contribution in [2.24, 2.45) is 7.05 Å². The van der Waals surface area contributed by atoms with Crippen molar-refractivity contribution in [3.05, 3.63) is 52.3 Å². The van der Waals surface area contributed by atoms with Gasteiger partial charge in [-0.05, 0) is 36.3 Å². The minimum absolute atomic E-state index is 0.0246. The number of hydrogen-bond acceptors (Lipinski definition) is 7. The highest BCUT2D eigenvalue weighted by Crippen LogP contribution is 2.20. The van der Waals surface area contributed by atoms with Gasteiger partial charge >= 0.3 is 0 Å². The molecule has 0 saturated carbocycles. The average molecular weight is 447 g/mol. The summed E-state index contributed by atoms with van der Waals surface area (Å²) in [4.78, 5) is 24.5. The quantitative estimate of drug-likeness (QED) is 0.274. The number of amides is 2. The van der Waals surface area contributed by atoms with Crippen LogP contribution in [-0.4, -0.2) is 41.3 Å². The van der Waals surface area contributed by atoms with Gasteiger partial charge in [0.05, 0.1) is 0 Å². The zero-order valence-electron chi connectivity index (χ0n) is 16.6. The summed E-state index contributed by atoms with van der Waals surface area (Å²) in [5, 5.41) is 15.5. The van der Waals surface area contributed by atoms with E-state index in [1.165, 1.54) is 0 Å². The molecule has 0 atom stereocenters. The number of thioether (sulfide) groups is 1. The number of nitrogens with zero attached hydrogens (tertiary/aromatic N) is 5. The van der Waals surface area contributed by atoms with Crippen LogP contribution < -0.4 is 10.9 Å². The van der Waals surface area contributed by atoms with Crippen molar-refractivity contribution >= 4 is 35.8 Å². The zero-order valence-corrected chi connectivity index (χ0v) is 18.2. The highest BCUT2D eigenvalue weighted by atomic mass is 32.2. The van der Waals surface area contributed by atoms with E-state index in [1.807, 2.05) is 30.7 Å². The fourth-order valence-electron chi connectivity index (χ4n) is 2.61. The number of aryl methyl sites for hydroxylation is 2. The Morgan fingerprint density at radius 1 is 1.23 bits per heavy atom. The summed E-state index contributed by atoms with van der Waals surface area (Å²) in [6, 6.07) is 7.14. The van der Waals surface area contributed by atoms with Crippen LogP contribution in [0.15, 0.2) is 35.7 Å². The van der Waals surface area contributed by atoms with Crippen LogP contribution in [0.3, 0.4) is 0 Å². The van der Waals surface area contributed by atoms with Crippen molar-refractivity contribution in [3.63, 3.8) is 0 Å². The number of hydrogen-bond donors (Lipinski definition) is 3. The molecule has 0 aliphatic rings. The second-order valence-corrected chi connectivity index (χ2v) is 7.82. The smallest absolute Gasteiger partial charge is 0.269 e. The molecule has 0 fully saturated rings. The van der Waals surface area contributed by atoms with Crippen molar-refractivity contribution < 1.29 is 9.59 Å². The van der Waals surface area contributed by atoms with E-state index >= 15 is 0 Å². The molecule has 2 amide bonds. The number of carbonyl (C=O) groups excluding carboxylic acids is 2. The lowest BCUT2D eigenvalue weighted by Crippen LogP contribution is -2.43. The lowest BCUT2D eigenvalue weighted by molar-refractivity contribution is -0.122. The molecule has 3 rings (SSSR count). The van der Waals surface area contributed by atoms with Gasteiger partial charge in [-0.15, -0.1) is 10.2 Å². The summed E-state index contributed by atoms with van der Waals surface area (Å²) >= 11 is 6.71. The fraction of sp³-hybridized carbons (Fsp3) is 0.333. The number of H-pyrrole nitrogens is 1. The Hall–Kier alpha value is -2.99. The van der Waals surface area contributed by atoms with E-state index in [9.17, 15) is 9.59 Å². The summed E-state index contributed by atoms with van der Waals surface area (Å²) in [7, 11) is 1.88. The molecular formula is C18H22N8O2S2. The van der Waals surface area contributed by atoms with Gasteiger partial charge in [0.25, 0.3) is 11.8 Å². The van der Waals surface area contributed by atoms with E-state index in [1.54, 1.807) is 34.8 Å². The summed E-state index contributed by atoms with van der Waals surface area (Å²) in [5.41, 5.74) is 6.31. The first-order valence-electron chi connectivity index (χ1n) is 9.27. The number of rotatable bonds is 8. The van der Waals surface area contributed by atoms with E-state index < -0.39 is 11.8 Å². The van der Waals surface area contributed by atoms with Crippen LogP contribution in [0.4, 0.5) is 0 Å². The maximum Gasteiger partial charge on any atom is 0.269 e. The van der Waals surface area contributed by atoms with E-state index in [-0.39, 0.29) is 6.54 Å². The van der Waals surface area contributed by atoms with Crippen LogP contribution >= 0.6 is 24.0 Å². The summed E-state index contributed by atoms with van der Waals surface area (Å²) in [6.45, 7) is 1.99. The van der Waals surface area contributed by atoms with Gasteiger partial charge in [0.1, 0.15) is 18.7 Å². The predicted molar refractivity (Wildman–Crippen MR) is 114 cm³/mol. The molecule has 0 unspecified atom stereocenters. The monoisotopic (exact) mass is 446 g/mol. The van der Waals surface area contributed by atoms with Gasteiger partial charge in [-0.1, -0.05) is 30.8 Å². The third-order valence-electron chi connectivity index (χ3n) is 4.18. The molecule has 2 heterocycles. The maximum atomic E-state index is 12.3. The number of nitrogens with one attached hydrogen (secondary N) is 3. The van der Waals surface area contributed by atoms with Crippen molar-refractivity contribution in [2.75, 3.05) is 0 Å². The number of aromatic amines is 1. The summed E-state index contributed by atoms with van der Waals surface area (Å²) < 4.78 is 3.83. The van der Waals surface area contributed by atoms with Crippen molar-refractivity contribution in [1.82, 2.24) is 40.4 Å². The normalized spacial score (nSPS) is 10.7. The summed E-state index contributed by atoms with van der Waals surface area (Å²) in [6.07, 6.45) is 3.23. The molecule has 2 aromatic heterocycles. The SMILES string of the molecule is CCCc1n[nH]c(=S)n1CC(=O)NNC(=O)c1ccc(CSc2nncn2C)cc1. The topological polar surface area (TPSA) is 123 Å². The van der Waals surface area contributed by atoms with E-state index in [2.05, 4.69) is 31.2 Å². The third-order valence-corrected chi connectivity index (χ3v) is 5.60. The molecule has 0 saturated heterocycles. The van der Waals surface area contributed by atoms with Gasteiger partial charge in [0.2, 0.25) is 0 Å². The standard InChI is InChI=1S/C18H22N8O2S2/c1-3-4-14-20-23-17(29)26(14)9-15(27)21-22-16(28)13-7-5-12(6-8-13)10-30-18-24-19-11-25(18)2/h5-8,11H,3-4,9-10H2,1-2H3,(H,21,27)(H,22,28)(H,23,29). The first kappa shape index (κ1) is 21.7. The molecule has 1 aromatic carbocycles. The molecule has 0 aliphatic heterocycles. The molecule has 0 radical (unpaired) electrons. The molecular weight excluding hydrogens is 424 g/mol. The number of aromatic nitrogens is 6. The Kier molecular flexibility index (Phi) is 7.36. The van der Waals surface area contributed by atoms with E-state index in [4.69, 9.17) is 12.2 Å². The van der Waals surface area contributed by atoms with Crippen LogP contribution in [0, 0.1) is 4.77 Å². The second-order valence-electron chi connectivity index (χ2n) is 6.49. The molecule has 0 spiro atoms. The second kappa shape index (κ2) is 10.2. The van der Waals surface area contributed by atoms with Gasteiger partial charge in [0.15, 0.2) is 9.93 Å². The first-order valence-corrected chi connectivity index (χ1v) is 10.7. The molecule has 0 bridgehead atoms. The molecule has 3 aromatic rings. The highest BCUT2D eigenvalue weighted by molar-refractivity contribution is 7.98.